The molecular formula is C15H13F3N2O2. The molecule has 0 aliphatic carbocycles. The molecule has 3 rings (SSSR count). The molecule has 1 atom stereocenters. The highest BCUT2D eigenvalue weighted by Crippen LogP contribution is 2.48. The molecule has 0 fully saturated rings. The van der Waals surface area contributed by atoms with Crippen LogP contribution >= 0.6 is 0 Å². The van der Waals surface area contributed by atoms with Gasteiger partial charge in [0, 0.05) is 24.7 Å². The van der Waals surface area contributed by atoms with Crippen LogP contribution in [-0.4, -0.2) is 36.5 Å². The molecule has 0 saturated carbocycles. The number of amides is 2. The van der Waals surface area contributed by atoms with E-state index >= 15 is 0 Å². The van der Waals surface area contributed by atoms with Gasteiger partial charge >= 0.3 is 6.18 Å². The second-order valence-electron chi connectivity index (χ2n) is 5.39. The first-order valence-corrected chi connectivity index (χ1v) is 6.70. The van der Waals surface area contributed by atoms with Crippen LogP contribution < -0.4 is 4.90 Å². The van der Waals surface area contributed by atoms with E-state index in [0.717, 1.165) is 6.08 Å². The standard InChI is InChI=1S/C15H13F3N2O2/c1-19-11-6-3-2-5-10(11)14(13(19)22)8-4-7-12(21)20(14)9-15(16,17)18/h2-7H,8-9H2,1H3. The lowest BCUT2D eigenvalue weighted by Crippen LogP contribution is -2.58. The summed E-state index contributed by atoms with van der Waals surface area (Å²) in [5.41, 5.74) is -0.639. The molecule has 0 N–H and O–H groups in total. The molecule has 1 aromatic rings. The number of hydrogen-bond acceptors (Lipinski definition) is 2. The Balaban J connectivity index is 2.19. The van der Waals surface area contributed by atoms with Gasteiger partial charge in [-0.05, 0) is 12.1 Å². The zero-order valence-electron chi connectivity index (χ0n) is 11.7. The topological polar surface area (TPSA) is 40.6 Å². The molecule has 1 aromatic carbocycles. The third-order valence-electron chi connectivity index (χ3n) is 4.11. The van der Waals surface area contributed by atoms with Crippen LogP contribution in [0.1, 0.15) is 12.0 Å². The van der Waals surface area contributed by atoms with Crippen molar-refractivity contribution in [3.63, 3.8) is 0 Å². The normalized spacial score (nSPS) is 24.4. The molecule has 116 valence electrons. The van der Waals surface area contributed by atoms with E-state index in [4.69, 9.17) is 0 Å². The monoisotopic (exact) mass is 310 g/mol. The van der Waals surface area contributed by atoms with Gasteiger partial charge in [0.2, 0.25) is 5.91 Å². The van der Waals surface area contributed by atoms with Gasteiger partial charge in [0.1, 0.15) is 6.54 Å². The Bertz CT molecular complexity index is 684. The lowest BCUT2D eigenvalue weighted by atomic mass is 9.83. The smallest absolute Gasteiger partial charge is 0.313 e. The van der Waals surface area contributed by atoms with Gasteiger partial charge < -0.3 is 9.80 Å². The van der Waals surface area contributed by atoms with Crippen LogP contribution in [-0.2, 0) is 15.1 Å². The molecule has 7 heteroatoms. The number of rotatable bonds is 1. The SMILES string of the molecule is CN1C(=O)C2(CC=CC(=O)N2CC(F)(F)F)c2ccccc21. The minimum absolute atomic E-state index is 0.0367. The molecule has 0 bridgehead atoms. The Labute approximate surface area is 124 Å². The number of para-hydroxylation sites is 1. The maximum Gasteiger partial charge on any atom is 0.406 e. The molecule has 0 saturated heterocycles. The van der Waals surface area contributed by atoms with Crippen molar-refractivity contribution in [2.24, 2.45) is 0 Å². The first kappa shape index (κ1) is 14.6. The highest BCUT2D eigenvalue weighted by Gasteiger charge is 2.57. The van der Waals surface area contributed by atoms with Gasteiger partial charge in [0.15, 0.2) is 5.54 Å². The van der Waals surface area contributed by atoms with E-state index in [1.54, 1.807) is 24.3 Å². The van der Waals surface area contributed by atoms with Gasteiger partial charge in [0.25, 0.3) is 5.91 Å². The predicted octanol–water partition coefficient (Wildman–Crippen LogP) is 2.21. The van der Waals surface area contributed by atoms with E-state index < -0.39 is 30.1 Å². The summed E-state index contributed by atoms with van der Waals surface area (Å²) in [6.45, 7) is -1.45. The largest absolute Gasteiger partial charge is 0.406 e. The molecule has 22 heavy (non-hydrogen) atoms. The van der Waals surface area contributed by atoms with Gasteiger partial charge in [-0.2, -0.15) is 13.2 Å². The third kappa shape index (κ3) is 1.92. The van der Waals surface area contributed by atoms with Crippen molar-refractivity contribution in [1.29, 1.82) is 0 Å². The Kier molecular flexibility index (Phi) is 3.05. The summed E-state index contributed by atoms with van der Waals surface area (Å²) in [6, 6.07) is 6.63. The number of fused-ring (bicyclic) bond motifs is 2. The third-order valence-corrected chi connectivity index (χ3v) is 4.11. The second-order valence-corrected chi connectivity index (χ2v) is 5.39. The van der Waals surface area contributed by atoms with Gasteiger partial charge in [0.05, 0.1) is 0 Å². The van der Waals surface area contributed by atoms with Gasteiger partial charge in [-0.3, -0.25) is 9.59 Å². The molecule has 1 unspecified atom stereocenters. The number of anilines is 1. The molecular weight excluding hydrogens is 297 g/mol. The summed E-state index contributed by atoms with van der Waals surface area (Å²) in [7, 11) is 1.50. The number of carbonyl (C=O) groups excluding carboxylic acids is 2. The van der Waals surface area contributed by atoms with Crippen molar-refractivity contribution >= 4 is 17.5 Å². The van der Waals surface area contributed by atoms with Crippen molar-refractivity contribution in [3.05, 3.63) is 42.0 Å². The van der Waals surface area contributed by atoms with Crippen LogP contribution in [0, 0.1) is 0 Å². The van der Waals surface area contributed by atoms with Crippen LogP contribution in [0.3, 0.4) is 0 Å². The lowest BCUT2D eigenvalue weighted by molar-refractivity contribution is -0.174. The number of hydrogen-bond donors (Lipinski definition) is 0. The van der Waals surface area contributed by atoms with Crippen molar-refractivity contribution in [3.8, 4) is 0 Å². The van der Waals surface area contributed by atoms with E-state index in [2.05, 4.69) is 0 Å². The average molecular weight is 310 g/mol. The van der Waals surface area contributed by atoms with E-state index in [9.17, 15) is 22.8 Å². The summed E-state index contributed by atoms with van der Waals surface area (Å²) < 4.78 is 38.7. The Hall–Kier alpha value is -2.31. The molecule has 1 spiro atoms. The highest BCUT2D eigenvalue weighted by atomic mass is 19.4. The number of alkyl halides is 3. The van der Waals surface area contributed by atoms with Crippen molar-refractivity contribution < 1.29 is 22.8 Å². The Morgan fingerprint density at radius 3 is 2.59 bits per heavy atom. The zero-order chi connectivity index (χ0) is 16.1. The average Bonchev–Trinajstić information content (AvgIpc) is 2.66. The summed E-state index contributed by atoms with van der Waals surface area (Å²) in [5, 5.41) is 0. The fourth-order valence-corrected chi connectivity index (χ4v) is 3.19. The number of carbonyl (C=O) groups is 2. The van der Waals surface area contributed by atoms with Crippen molar-refractivity contribution in [1.82, 2.24) is 4.90 Å². The van der Waals surface area contributed by atoms with Crippen molar-refractivity contribution in [2.75, 3.05) is 18.5 Å². The van der Waals surface area contributed by atoms with E-state index in [-0.39, 0.29) is 6.42 Å². The van der Waals surface area contributed by atoms with E-state index in [1.165, 1.54) is 18.0 Å². The number of benzene rings is 1. The van der Waals surface area contributed by atoms with Gasteiger partial charge in [-0.1, -0.05) is 24.3 Å². The molecule has 2 amide bonds. The summed E-state index contributed by atoms with van der Waals surface area (Å²) in [5.74, 6) is -1.32. The fraction of sp³-hybridized carbons (Fsp3) is 0.333. The maximum atomic E-state index is 12.9. The second kappa shape index (κ2) is 4.59. The van der Waals surface area contributed by atoms with Crippen LogP contribution in [0.2, 0.25) is 0 Å². The van der Waals surface area contributed by atoms with Crippen molar-refractivity contribution in [2.45, 2.75) is 18.1 Å². The lowest BCUT2D eigenvalue weighted by Gasteiger charge is -2.41. The quantitative estimate of drug-likeness (QED) is 0.798. The molecule has 2 aliphatic rings. The molecule has 2 aliphatic heterocycles. The molecule has 0 aromatic heterocycles. The minimum atomic E-state index is -4.58. The summed E-state index contributed by atoms with van der Waals surface area (Å²) in [6.07, 6.45) is -1.99. The van der Waals surface area contributed by atoms with Gasteiger partial charge in [-0.25, -0.2) is 0 Å². The number of halogens is 3. The van der Waals surface area contributed by atoms with Crippen LogP contribution in [0.4, 0.5) is 18.9 Å². The van der Waals surface area contributed by atoms with Crippen LogP contribution in [0.25, 0.3) is 0 Å². The fourth-order valence-electron chi connectivity index (χ4n) is 3.19. The first-order chi connectivity index (χ1) is 10.3. The molecule has 2 heterocycles. The van der Waals surface area contributed by atoms with E-state index in [0.29, 0.717) is 16.2 Å². The molecule has 0 radical (unpaired) electrons. The minimum Gasteiger partial charge on any atom is -0.313 e. The Morgan fingerprint density at radius 2 is 1.91 bits per heavy atom. The Morgan fingerprint density at radius 1 is 1.23 bits per heavy atom. The zero-order valence-corrected chi connectivity index (χ0v) is 11.7. The van der Waals surface area contributed by atoms with E-state index in [1.807, 2.05) is 0 Å². The molecule has 4 nitrogen and oxygen atoms in total. The highest BCUT2D eigenvalue weighted by molar-refractivity contribution is 6.10. The summed E-state index contributed by atoms with van der Waals surface area (Å²) in [4.78, 5) is 26.7. The van der Waals surface area contributed by atoms with Crippen LogP contribution in [0.15, 0.2) is 36.4 Å². The van der Waals surface area contributed by atoms with Crippen LogP contribution in [0.5, 0.6) is 0 Å². The number of nitrogens with zero attached hydrogens (tertiary/aromatic N) is 2. The maximum absolute atomic E-state index is 12.9. The summed E-state index contributed by atoms with van der Waals surface area (Å²) >= 11 is 0. The first-order valence-electron chi connectivity index (χ1n) is 6.70. The van der Waals surface area contributed by atoms with Gasteiger partial charge in [-0.15, -0.1) is 0 Å². The predicted molar refractivity (Wildman–Crippen MR) is 73.1 cm³/mol. The number of likely N-dealkylation sites (N-methyl/N-ethyl adjacent to an activating group) is 1.